The van der Waals surface area contributed by atoms with E-state index in [-0.39, 0.29) is 0 Å². The molecule has 0 bridgehead atoms. The molecule has 0 amide bonds. The van der Waals surface area contributed by atoms with Gasteiger partial charge in [-0.25, -0.2) is 0 Å². The molecule has 1 saturated carbocycles. The van der Waals surface area contributed by atoms with E-state index in [0.29, 0.717) is 6.10 Å². The molecule has 0 radical (unpaired) electrons. The zero-order valence-electron chi connectivity index (χ0n) is 14.4. The Labute approximate surface area is 140 Å². The van der Waals surface area contributed by atoms with Crippen molar-refractivity contribution in [2.45, 2.75) is 38.3 Å². The van der Waals surface area contributed by atoms with Gasteiger partial charge in [0.15, 0.2) is 0 Å². The van der Waals surface area contributed by atoms with Gasteiger partial charge in [-0.05, 0) is 43.4 Å². The van der Waals surface area contributed by atoms with Crippen molar-refractivity contribution in [1.82, 2.24) is 9.80 Å². The Balaban J connectivity index is 1.46. The first-order chi connectivity index (χ1) is 11.3. The van der Waals surface area contributed by atoms with Crippen LogP contribution in [0.4, 0.5) is 0 Å². The van der Waals surface area contributed by atoms with Crippen molar-refractivity contribution in [1.29, 1.82) is 0 Å². The molecule has 1 heterocycles. The first kappa shape index (κ1) is 16.7. The molecule has 2 fully saturated rings. The first-order valence-electron chi connectivity index (χ1n) is 9.03. The van der Waals surface area contributed by atoms with Crippen LogP contribution in [0.5, 0.6) is 5.75 Å². The molecule has 4 nitrogen and oxygen atoms in total. The summed E-state index contributed by atoms with van der Waals surface area (Å²) < 4.78 is 11.3. The van der Waals surface area contributed by atoms with Crippen molar-refractivity contribution in [3.63, 3.8) is 0 Å². The summed E-state index contributed by atoms with van der Waals surface area (Å²) in [7, 11) is 1.77. The summed E-state index contributed by atoms with van der Waals surface area (Å²) in [4.78, 5) is 5.03. The van der Waals surface area contributed by atoms with Gasteiger partial charge in [0.1, 0.15) is 5.75 Å². The van der Waals surface area contributed by atoms with E-state index in [9.17, 15) is 0 Å². The fourth-order valence-corrected chi connectivity index (χ4v) is 3.57. The number of nitrogens with zero attached hydrogens (tertiary/aromatic N) is 2. The van der Waals surface area contributed by atoms with Crippen molar-refractivity contribution in [2.24, 2.45) is 0 Å². The Morgan fingerprint density at radius 3 is 2.52 bits per heavy atom. The van der Waals surface area contributed by atoms with Crippen molar-refractivity contribution in [3.8, 4) is 5.75 Å². The second-order valence-corrected chi connectivity index (χ2v) is 6.78. The van der Waals surface area contributed by atoms with Gasteiger partial charge in [-0.1, -0.05) is 12.1 Å². The fourth-order valence-electron chi connectivity index (χ4n) is 3.57. The molecule has 1 aromatic rings. The summed E-state index contributed by atoms with van der Waals surface area (Å²) in [6.45, 7) is 7.47. The van der Waals surface area contributed by atoms with Crippen LogP contribution in [-0.4, -0.2) is 62.3 Å². The SMILES string of the molecule is COCCN1CCN(Cc2cccc(OC3CCCC3)c2)CC1. The largest absolute Gasteiger partial charge is 0.490 e. The van der Waals surface area contributed by atoms with Crippen LogP contribution in [0.1, 0.15) is 31.2 Å². The van der Waals surface area contributed by atoms with E-state index in [0.717, 1.165) is 51.6 Å². The summed E-state index contributed by atoms with van der Waals surface area (Å²) in [5.41, 5.74) is 1.37. The minimum atomic E-state index is 0.439. The highest BCUT2D eigenvalue weighted by Crippen LogP contribution is 2.25. The quantitative estimate of drug-likeness (QED) is 0.772. The van der Waals surface area contributed by atoms with Crippen molar-refractivity contribution in [3.05, 3.63) is 29.8 Å². The van der Waals surface area contributed by atoms with Crippen LogP contribution in [0.2, 0.25) is 0 Å². The fraction of sp³-hybridized carbons (Fsp3) is 0.684. The lowest BCUT2D eigenvalue weighted by molar-refractivity contribution is 0.0937. The normalized spacial score (nSPS) is 20.9. The Bertz CT molecular complexity index is 466. The summed E-state index contributed by atoms with van der Waals surface area (Å²) in [5.74, 6) is 1.05. The summed E-state index contributed by atoms with van der Waals surface area (Å²) in [6, 6.07) is 8.69. The first-order valence-corrected chi connectivity index (χ1v) is 9.03. The second kappa shape index (κ2) is 8.67. The predicted octanol–water partition coefficient (Wildman–Crippen LogP) is 2.77. The van der Waals surface area contributed by atoms with Gasteiger partial charge in [-0.2, -0.15) is 0 Å². The lowest BCUT2D eigenvalue weighted by atomic mass is 10.2. The van der Waals surface area contributed by atoms with Crippen molar-refractivity contribution < 1.29 is 9.47 Å². The standard InChI is InChI=1S/C19H30N2O2/c1-22-14-13-20-9-11-21(12-10-20)16-17-5-4-8-19(15-17)23-18-6-2-3-7-18/h4-5,8,15,18H,2-3,6-7,9-14,16H2,1H3. The Hall–Kier alpha value is -1.10. The molecule has 1 aliphatic carbocycles. The number of hydrogen-bond donors (Lipinski definition) is 0. The smallest absolute Gasteiger partial charge is 0.120 e. The van der Waals surface area contributed by atoms with Crippen LogP contribution in [0.3, 0.4) is 0 Å². The third kappa shape index (κ3) is 5.20. The zero-order valence-corrected chi connectivity index (χ0v) is 14.4. The molecule has 1 aliphatic heterocycles. The van der Waals surface area contributed by atoms with E-state index in [2.05, 4.69) is 34.1 Å². The van der Waals surface area contributed by atoms with Gasteiger partial charge in [0.05, 0.1) is 12.7 Å². The van der Waals surface area contributed by atoms with E-state index in [4.69, 9.17) is 9.47 Å². The average molecular weight is 318 g/mol. The second-order valence-electron chi connectivity index (χ2n) is 6.78. The third-order valence-electron chi connectivity index (χ3n) is 4.99. The molecule has 128 valence electrons. The van der Waals surface area contributed by atoms with E-state index >= 15 is 0 Å². The molecule has 1 aromatic carbocycles. The predicted molar refractivity (Wildman–Crippen MR) is 92.9 cm³/mol. The Morgan fingerprint density at radius 1 is 1.04 bits per heavy atom. The van der Waals surface area contributed by atoms with Gasteiger partial charge in [0.2, 0.25) is 0 Å². The maximum atomic E-state index is 6.13. The van der Waals surface area contributed by atoms with E-state index in [1.165, 1.54) is 31.2 Å². The van der Waals surface area contributed by atoms with E-state index < -0.39 is 0 Å². The molecule has 4 heteroatoms. The highest BCUT2D eigenvalue weighted by atomic mass is 16.5. The van der Waals surface area contributed by atoms with Crippen LogP contribution >= 0.6 is 0 Å². The number of hydrogen-bond acceptors (Lipinski definition) is 4. The molecule has 1 saturated heterocycles. The maximum absolute atomic E-state index is 6.13. The molecule has 2 aliphatic rings. The molecule has 0 unspecified atom stereocenters. The number of piperazine rings is 1. The third-order valence-corrected chi connectivity index (χ3v) is 4.99. The van der Waals surface area contributed by atoms with Crippen LogP contribution in [-0.2, 0) is 11.3 Å². The van der Waals surface area contributed by atoms with Crippen LogP contribution in [0, 0.1) is 0 Å². The van der Waals surface area contributed by atoms with Gasteiger partial charge in [0, 0.05) is 46.4 Å². The lowest BCUT2D eigenvalue weighted by Crippen LogP contribution is -2.46. The number of benzene rings is 1. The van der Waals surface area contributed by atoms with Crippen molar-refractivity contribution >= 4 is 0 Å². The van der Waals surface area contributed by atoms with Gasteiger partial charge >= 0.3 is 0 Å². The molecule has 23 heavy (non-hydrogen) atoms. The summed E-state index contributed by atoms with van der Waals surface area (Å²) in [6.07, 6.45) is 5.51. The number of methoxy groups -OCH3 is 1. The maximum Gasteiger partial charge on any atom is 0.120 e. The number of rotatable bonds is 7. The topological polar surface area (TPSA) is 24.9 Å². The molecular formula is C19H30N2O2. The highest BCUT2D eigenvalue weighted by molar-refractivity contribution is 5.28. The monoisotopic (exact) mass is 318 g/mol. The molecule has 0 atom stereocenters. The van der Waals surface area contributed by atoms with Crippen LogP contribution in [0.15, 0.2) is 24.3 Å². The minimum absolute atomic E-state index is 0.439. The molecule has 3 rings (SSSR count). The number of ether oxygens (including phenoxy) is 2. The van der Waals surface area contributed by atoms with E-state index in [1.807, 2.05) is 0 Å². The van der Waals surface area contributed by atoms with Gasteiger partial charge < -0.3 is 9.47 Å². The zero-order chi connectivity index (χ0) is 15.9. The van der Waals surface area contributed by atoms with Gasteiger partial charge in [0.25, 0.3) is 0 Å². The summed E-state index contributed by atoms with van der Waals surface area (Å²) >= 11 is 0. The Morgan fingerprint density at radius 2 is 1.78 bits per heavy atom. The Kier molecular flexibility index (Phi) is 6.31. The molecule has 0 spiro atoms. The van der Waals surface area contributed by atoms with Crippen molar-refractivity contribution in [2.75, 3.05) is 46.4 Å². The molecule has 0 N–H and O–H groups in total. The van der Waals surface area contributed by atoms with Crippen LogP contribution in [0.25, 0.3) is 0 Å². The minimum Gasteiger partial charge on any atom is -0.490 e. The lowest BCUT2D eigenvalue weighted by Gasteiger charge is -2.34. The van der Waals surface area contributed by atoms with Gasteiger partial charge in [-0.3, -0.25) is 9.80 Å². The van der Waals surface area contributed by atoms with Gasteiger partial charge in [-0.15, -0.1) is 0 Å². The molecular weight excluding hydrogens is 288 g/mol. The summed E-state index contributed by atoms with van der Waals surface area (Å²) in [5, 5.41) is 0. The van der Waals surface area contributed by atoms with E-state index in [1.54, 1.807) is 7.11 Å². The average Bonchev–Trinajstić information content (AvgIpc) is 3.07. The highest BCUT2D eigenvalue weighted by Gasteiger charge is 2.18. The van der Waals surface area contributed by atoms with Crippen LogP contribution < -0.4 is 4.74 Å². The molecule has 0 aromatic heterocycles.